The lowest BCUT2D eigenvalue weighted by Gasteiger charge is -2.12. The molecule has 1 aromatic carbocycles. The van der Waals surface area contributed by atoms with Crippen LogP contribution in [0.2, 0.25) is 0 Å². The lowest BCUT2D eigenvalue weighted by atomic mass is 10.1. The Labute approximate surface area is 123 Å². The van der Waals surface area contributed by atoms with Crippen LogP contribution in [0.15, 0.2) is 24.3 Å². The lowest BCUT2D eigenvalue weighted by Crippen LogP contribution is -2.30. The van der Waals surface area contributed by atoms with Crippen molar-refractivity contribution in [1.82, 2.24) is 5.32 Å². The molecule has 1 amide bonds. The third-order valence-electron chi connectivity index (χ3n) is 3.28. The fourth-order valence-electron chi connectivity index (χ4n) is 1.93. The molecule has 2 N–H and O–H groups in total. The summed E-state index contributed by atoms with van der Waals surface area (Å²) in [7, 11) is 0. The number of hydrogen-bond acceptors (Lipinski definition) is 3. The summed E-state index contributed by atoms with van der Waals surface area (Å²) in [5.41, 5.74) is 1.50. The monoisotopic (exact) mass is 289 g/mol. The first-order valence-corrected chi connectivity index (χ1v) is 6.96. The van der Waals surface area contributed by atoms with Crippen molar-refractivity contribution in [2.45, 2.75) is 19.8 Å². The Morgan fingerprint density at radius 3 is 2.86 bits per heavy atom. The zero-order valence-corrected chi connectivity index (χ0v) is 12.0. The van der Waals surface area contributed by atoms with Crippen molar-refractivity contribution in [3.8, 4) is 5.75 Å². The van der Waals surface area contributed by atoms with Crippen molar-refractivity contribution in [2.75, 3.05) is 13.2 Å². The molecule has 0 radical (unpaired) electrons. The molecule has 0 aromatic heterocycles. The zero-order valence-electron chi connectivity index (χ0n) is 12.0. The summed E-state index contributed by atoms with van der Waals surface area (Å²) in [5, 5.41) is 11.5. The quantitative estimate of drug-likeness (QED) is 0.753. The van der Waals surface area contributed by atoms with Crippen LogP contribution in [0, 0.1) is 12.8 Å². The maximum atomic E-state index is 11.7. The first-order valence-electron chi connectivity index (χ1n) is 6.96. The first kappa shape index (κ1) is 15.1. The Morgan fingerprint density at radius 2 is 2.19 bits per heavy atom. The van der Waals surface area contributed by atoms with E-state index in [1.807, 2.05) is 19.1 Å². The average molecular weight is 289 g/mol. The molecule has 21 heavy (non-hydrogen) atoms. The number of amides is 1. The average Bonchev–Trinajstić information content (AvgIpc) is 3.26. The Balaban J connectivity index is 1.96. The molecule has 1 aliphatic carbocycles. The second kappa shape index (κ2) is 6.92. The Bertz CT molecular complexity index is 561. The number of hydrogen-bond donors (Lipinski definition) is 2. The van der Waals surface area contributed by atoms with Crippen LogP contribution in [-0.2, 0) is 9.59 Å². The fourth-order valence-corrected chi connectivity index (χ4v) is 1.93. The number of carbonyl (C=O) groups is 2. The molecular formula is C16H19NO4. The molecule has 1 aliphatic rings. The zero-order chi connectivity index (χ0) is 15.2. The summed E-state index contributed by atoms with van der Waals surface area (Å²) in [6, 6.07) is 5.43. The van der Waals surface area contributed by atoms with Gasteiger partial charge < -0.3 is 15.2 Å². The minimum atomic E-state index is -1.02. The van der Waals surface area contributed by atoms with E-state index in [2.05, 4.69) is 5.32 Å². The van der Waals surface area contributed by atoms with Crippen LogP contribution in [0.5, 0.6) is 5.75 Å². The number of rotatable bonds is 7. The minimum Gasteiger partial charge on any atom is -0.483 e. The van der Waals surface area contributed by atoms with Crippen molar-refractivity contribution < 1.29 is 19.4 Å². The number of nitrogens with one attached hydrogen (secondary N) is 1. The van der Waals surface area contributed by atoms with Gasteiger partial charge in [0.15, 0.2) is 6.61 Å². The van der Waals surface area contributed by atoms with Crippen LogP contribution in [-0.4, -0.2) is 30.1 Å². The number of benzene rings is 1. The van der Waals surface area contributed by atoms with E-state index in [4.69, 9.17) is 9.84 Å². The van der Waals surface area contributed by atoms with Gasteiger partial charge in [0, 0.05) is 18.2 Å². The molecule has 1 saturated carbocycles. The van der Waals surface area contributed by atoms with Gasteiger partial charge in [-0.2, -0.15) is 0 Å². The van der Waals surface area contributed by atoms with Crippen molar-refractivity contribution in [3.63, 3.8) is 0 Å². The van der Waals surface area contributed by atoms with E-state index < -0.39 is 5.97 Å². The summed E-state index contributed by atoms with van der Waals surface area (Å²) in [5.74, 6) is -0.0130. The van der Waals surface area contributed by atoms with Gasteiger partial charge in [-0.15, -0.1) is 0 Å². The molecule has 1 fully saturated rings. The Hall–Kier alpha value is -2.30. The van der Waals surface area contributed by atoms with Crippen molar-refractivity contribution >= 4 is 18.0 Å². The van der Waals surface area contributed by atoms with Gasteiger partial charge in [-0.25, -0.2) is 4.79 Å². The van der Waals surface area contributed by atoms with Gasteiger partial charge in [0.1, 0.15) is 5.75 Å². The van der Waals surface area contributed by atoms with Gasteiger partial charge in [-0.05, 0) is 37.3 Å². The van der Waals surface area contributed by atoms with Crippen LogP contribution < -0.4 is 10.1 Å². The van der Waals surface area contributed by atoms with Gasteiger partial charge in [0.05, 0.1) is 0 Å². The molecule has 5 heteroatoms. The van der Waals surface area contributed by atoms with Crippen molar-refractivity contribution in [3.05, 3.63) is 35.4 Å². The topological polar surface area (TPSA) is 75.6 Å². The molecule has 5 nitrogen and oxygen atoms in total. The van der Waals surface area contributed by atoms with E-state index in [1.165, 1.54) is 18.9 Å². The van der Waals surface area contributed by atoms with Crippen LogP contribution in [0.25, 0.3) is 6.08 Å². The van der Waals surface area contributed by atoms with Crippen molar-refractivity contribution in [1.29, 1.82) is 0 Å². The summed E-state index contributed by atoms with van der Waals surface area (Å²) < 4.78 is 5.56. The SMILES string of the molecule is Cc1cccc(/C=C/C(=O)O)c1OCC(=O)NCC1CC1. The van der Waals surface area contributed by atoms with Gasteiger partial charge >= 0.3 is 5.97 Å². The van der Waals surface area contributed by atoms with Crippen molar-refractivity contribution in [2.24, 2.45) is 5.92 Å². The number of ether oxygens (including phenoxy) is 1. The molecule has 0 bridgehead atoms. The Kier molecular flexibility index (Phi) is 4.98. The molecule has 0 spiro atoms. The maximum Gasteiger partial charge on any atom is 0.328 e. The molecule has 0 heterocycles. The largest absolute Gasteiger partial charge is 0.483 e. The highest BCUT2D eigenvalue weighted by atomic mass is 16.5. The normalized spacial score (nSPS) is 14.1. The number of carboxylic acid groups (broad SMARTS) is 1. The van der Waals surface area contributed by atoms with Gasteiger partial charge in [0.2, 0.25) is 0 Å². The third-order valence-corrected chi connectivity index (χ3v) is 3.28. The molecule has 1 aromatic rings. The number of aryl methyl sites for hydroxylation is 1. The molecule has 0 aliphatic heterocycles. The summed E-state index contributed by atoms with van der Waals surface area (Å²) >= 11 is 0. The van der Waals surface area contributed by atoms with E-state index in [9.17, 15) is 9.59 Å². The van der Waals surface area contributed by atoms with E-state index in [0.717, 1.165) is 11.6 Å². The molecule has 2 rings (SSSR count). The van der Waals surface area contributed by atoms with Gasteiger partial charge in [-0.3, -0.25) is 4.79 Å². The van der Waals surface area contributed by atoms with E-state index >= 15 is 0 Å². The van der Waals surface area contributed by atoms with Gasteiger partial charge in [0.25, 0.3) is 5.91 Å². The van der Waals surface area contributed by atoms with Crippen LogP contribution in [0.3, 0.4) is 0 Å². The highest BCUT2D eigenvalue weighted by Gasteiger charge is 2.21. The molecule has 0 saturated heterocycles. The van der Waals surface area contributed by atoms with Crippen LogP contribution >= 0.6 is 0 Å². The second-order valence-corrected chi connectivity index (χ2v) is 5.20. The number of aliphatic carboxylic acids is 1. The van der Waals surface area contributed by atoms with E-state index in [-0.39, 0.29) is 12.5 Å². The van der Waals surface area contributed by atoms with E-state index in [1.54, 1.807) is 6.07 Å². The predicted molar refractivity (Wildman–Crippen MR) is 79.1 cm³/mol. The minimum absolute atomic E-state index is 0.0640. The summed E-state index contributed by atoms with van der Waals surface area (Å²) in [6.07, 6.45) is 4.88. The molecule has 0 atom stereocenters. The first-order chi connectivity index (χ1) is 10.1. The standard InChI is InChI=1S/C16H19NO4/c1-11-3-2-4-13(7-8-15(19)20)16(11)21-10-14(18)17-9-12-5-6-12/h2-4,7-8,12H,5-6,9-10H2,1H3,(H,17,18)(H,19,20)/b8-7+. The second-order valence-electron chi connectivity index (χ2n) is 5.20. The highest BCUT2D eigenvalue weighted by Crippen LogP contribution is 2.27. The molecule has 0 unspecified atom stereocenters. The number of para-hydroxylation sites is 1. The number of carboxylic acids is 1. The highest BCUT2D eigenvalue weighted by molar-refractivity contribution is 5.86. The lowest BCUT2D eigenvalue weighted by molar-refractivity contribution is -0.131. The van der Waals surface area contributed by atoms with E-state index in [0.29, 0.717) is 23.8 Å². The van der Waals surface area contributed by atoms with Crippen LogP contribution in [0.1, 0.15) is 24.0 Å². The molecular weight excluding hydrogens is 270 g/mol. The summed E-state index contributed by atoms with van der Waals surface area (Å²) in [4.78, 5) is 22.3. The maximum absolute atomic E-state index is 11.7. The summed E-state index contributed by atoms with van der Waals surface area (Å²) in [6.45, 7) is 2.50. The Morgan fingerprint density at radius 1 is 1.43 bits per heavy atom. The molecule has 112 valence electrons. The predicted octanol–water partition coefficient (Wildman–Crippen LogP) is 2.00. The van der Waals surface area contributed by atoms with Crippen LogP contribution in [0.4, 0.5) is 0 Å². The fraction of sp³-hybridized carbons (Fsp3) is 0.375. The smallest absolute Gasteiger partial charge is 0.328 e. The van der Waals surface area contributed by atoms with Gasteiger partial charge in [-0.1, -0.05) is 18.2 Å². The third kappa shape index (κ3) is 4.95. The number of carbonyl (C=O) groups excluding carboxylic acids is 1.